The number of rotatable bonds is 7. The molecule has 0 bridgehead atoms. The lowest BCUT2D eigenvalue weighted by molar-refractivity contribution is 0.102. The zero-order valence-electron chi connectivity index (χ0n) is 16.9. The van der Waals surface area contributed by atoms with Crippen LogP contribution in [-0.4, -0.2) is 43.0 Å². The summed E-state index contributed by atoms with van der Waals surface area (Å²) in [7, 11) is 1.52. The summed E-state index contributed by atoms with van der Waals surface area (Å²) >= 11 is 0. The van der Waals surface area contributed by atoms with E-state index in [0.717, 1.165) is 0 Å². The number of aromatic nitrogens is 6. The second-order valence-electron chi connectivity index (χ2n) is 6.33. The van der Waals surface area contributed by atoms with Gasteiger partial charge in [-0.2, -0.15) is 5.10 Å². The van der Waals surface area contributed by atoms with Gasteiger partial charge in [-0.05, 0) is 24.6 Å². The molecule has 0 radical (unpaired) electrons. The smallest absolute Gasteiger partial charge is 0.259 e. The molecule has 0 fully saturated rings. The first-order valence-electron chi connectivity index (χ1n) is 9.48. The fourth-order valence-corrected chi connectivity index (χ4v) is 2.93. The summed E-state index contributed by atoms with van der Waals surface area (Å²) in [4.78, 5) is 21.0. The minimum atomic E-state index is -0.291. The van der Waals surface area contributed by atoms with E-state index in [2.05, 4.69) is 30.6 Å². The van der Waals surface area contributed by atoms with Gasteiger partial charge in [-0.25, -0.2) is 9.67 Å². The number of methoxy groups -OCH3 is 1. The summed E-state index contributed by atoms with van der Waals surface area (Å²) < 4.78 is 12.3. The number of carbonyl (C=O) groups is 1. The minimum absolute atomic E-state index is 0.291. The van der Waals surface area contributed by atoms with Gasteiger partial charge in [0.05, 0.1) is 30.8 Å². The molecule has 3 aromatic heterocycles. The molecule has 0 aliphatic rings. The average molecular weight is 417 g/mol. The Labute approximate surface area is 177 Å². The quantitative estimate of drug-likeness (QED) is 0.488. The number of hydrogen-bond acceptors (Lipinski definition) is 8. The Morgan fingerprint density at radius 3 is 2.71 bits per heavy atom. The predicted molar refractivity (Wildman–Crippen MR) is 112 cm³/mol. The lowest BCUT2D eigenvalue weighted by Crippen LogP contribution is -2.14. The van der Waals surface area contributed by atoms with Crippen LogP contribution in [0.2, 0.25) is 0 Å². The molecule has 10 heteroatoms. The van der Waals surface area contributed by atoms with Crippen LogP contribution in [0.5, 0.6) is 17.5 Å². The molecular formula is C21H19N7O3. The van der Waals surface area contributed by atoms with E-state index in [-0.39, 0.29) is 5.91 Å². The van der Waals surface area contributed by atoms with Gasteiger partial charge in [0, 0.05) is 30.2 Å². The number of amides is 1. The largest absolute Gasteiger partial charge is 0.480 e. The highest BCUT2D eigenvalue weighted by atomic mass is 16.5. The van der Waals surface area contributed by atoms with Crippen LogP contribution in [0.3, 0.4) is 0 Å². The van der Waals surface area contributed by atoms with Crippen LogP contribution in [-0.2, 0) is 6.42 Å². The van der Waals surface area contributed by atoms with E-state index in [1.807, 2.05) is 6.92 Å². The Bertz CT molecular complexity index is 1180. The Kier molecular flexibility index (Phi) is 5.79. The highest BCUT2D eigenvalue weighted by Gasteiger charge is 2.18. The summed E-state index contributed by atoms with van der Waals surface area (Å²) in [5.41, 5.74) is 1.73. The minimum Gasteiger partial charge on any atom is -0.480 e. The summed E-state index contributed by atoms with van der Waals surface area (Å²) in [6.07, 6.45) is 6.70. The molecule has 4 aromatic rings. The fourth-order valence-electron chi connectivity index (χ4n) is 2.93. The molecule has 0 saturated carbocycles. The lowest BCUT2D eigenvalue weighted by atomic mass is 10.2. The number of ether oxygens (including phenoxy) is 2. The van der Waals surface area contributed by atoms with Gasteiger partial charge in [0.2, 0.25) is 11.8 Å². The molecule has 0 aliphatic carbocycles. The zero-order chi connectivity index (χ0) is 21.6. The predicted octanol–water partition coefficient (Wildman–Crippen LogP) is 3.07. The van der Waals surface area contributed by atoms with Crippen LogP contribution < -0.4 is 14.8 Å². The van der Waals surface area contributed by atoms with Crippen molar-refractivity contribution in [1.82, 2.24) is 29.9 Å². The van der Waals surface area contributed by atoms with Crippen LogP contribution in [0, 0.1) is 0 Å². The first-order valence-corrected chi connectivity index (χ1v) is 9.48. The fraction of sp³-hybridized carbons (Fsp3) is 0.143. The van der Waals surface area contributed by atoms with Crippen LogP contribution in [0.25, 0.3) is 5.82 Å². The third kappa shape index (κ3) is 4.47. The van der Waals surface area contributed by atoms with Crippen LogP contribution in [0.1, 0.15) is 23.0 Å². The molecule has 0 spiro atoms. The highest BCUT2D eigenvalue weighted by molar-refractivity contribution is 6.05. The third-order valence-electron chi connectivity index (χ3n) is 4.35. The van der Waals surface area contributed by atoms with Crippen molar-refractivity contribution >= 4 is 11.6 Å². The number of anilines is 1. The van der Waals surface area contributed by atoms with Crippen LogP contribution >= 0.6 is 0 Å². The maximum absolute atomic E-state index is 12.9. The van der Waals surface area contributed by atoms with Crippen molar-refractivity contribution < 1.29 is 14.3 Å². The van der Waals surface area contributed by atoms with Crippen LogP contribution in [0.4, 0.5) is 5.69 Å². The van der Waals surface area contributed by atoms with Gasteiger partial charge in [-0.1, -0.05) is 13.0 Å². The zero-order valence-corrected chi connectivity index (χ0v) is 16.9. The first kappa shape index (κ1) is 20.0. The molecule has 1 aromatic carbocycles. The topological polar surface area (TPSA) is 117 Å². The molecule has 1 N–H and O–H groups in total. The van der Waals surface area contributed by atoms with E-state index in [9.17, 15) is 4.79 Å². The van der Waals surface area contributed by atoms with Crippen molar-refractivity contribution in [3.8, 4) is 23.3 Å². The molecule has 10 nitrogen and oxygen atoms in total. The van der Waals surface area contributed by atoms with Gasteiger partial charge in [0.15, 0.2) is 5.82 Å². The SMILES string of the molecule is CCc1c(C(=O)Nc2cccc(Oc3cnccn3)c2)cnn1-c1ccc(OC)nn1. The standard InChI is InChI=1S/C21H19N7O3/c1-3-17-16(12-24-28(17)18-7-8-19(30-2)27-26-18)21(29)25-14-5-4-6-15(11-14)31-20-13-22-9-10-23-20/h4-13H,3H2,1-2H3,(H,25,29). The van der Waals surface area contributed by atoms with Crippen molar-refractivity contribution in [2.45, 2.75) is 13.3 Å². The summed E-state index contributed by atoms with van der Waals surface area (Å²) in [5.74, 6) is 1.49. The van der Waals surface area contributed by atoms with E-state index in [0.29, 0.717) is 46.7 Å². The molecule has 4 rings (SSSR count). The summed E-state index contributed by atoms with van der Waals surface area (Å²) in [6, 6.07) is 10.4. The van der Waals surface area contributed by atoms with Gasteiger partial charge >= 0.3 is 0 Å². The van der Waals surface area contributed by atoms with Crippen molar-refractivity contribution in [2.75, 3.05) is 12.4 Å². The van der Waals surface area contributed by atoms with Crippen molar-refractivity contribution in [1.29, 1.82) is 0 Å². The number of nitrogens with one attached hydrogen (secondary N) is 1. The van der Waals surface area contributed by atoms with E-state index in [4.69, 9.17) is 9.47 Å². The molecule has 31 heavy (non-hydrogen) atoms. The summed E-state index contributed by atoms with van der Waals surface area (Å²) in [5, 5.41) is 15.3. The van der Waals surface area contributed by atoms with Crippen molar-refractivity contribution in [2.24, 2.45) is 0 Å². The Hall–Kier alpha value is -4.34. The second-order valence-corrected chi connectivity index (χ2v) is 6.33. The Morgan fingerprint density at radius 1 is 1.10 bits per heavy atom. The molecule has 0 atom stereocenters. The average Bonchev–Trinajstić information content (AvgIpc) is 3.24. The number of nitrogens with zero attached hydrogens (tertiary/aromatic N) is 6. The number of benzene rings is 1. The van der Waals surface area contributed by atoms with Gasteiger partial charge in [-0.3, -0.25) is 9.78 Å². The molecular weight excluding hydrogens is 398 g/mol. The second kappa shape index (κ2) is 8.99. The van der Waals surface area contributed by atoms with Gasteiger partial charge in [0.25, 0.3) is 5.91 Å². The van der Waals surface area contributed by atoms with E-state index < -0.39 is 0 Å². The maximum Gasteiger partial charge on any atom is 0.259 e. The first-order chi connectivity index (χ1) is 15.2. The van der Waals surface area contributed by atoms with E-state index >= 15 is 0 Å². The Balaban J connectivity index is 1.53. The number of carbonyl (C=O) groups excluding carboxylic acids is 1. The third-order valence-corrected chi connectivity index (χ3v) is 4.35. The molecule has 3 heterocycles. The highest BCUT2D eigenvalue weighted by Crippen LogP contribution is 2.23. The van der Waals surface area contributed by atoms with Crippen molar-refractivity contribution in [3.05, 3.63) is 72.4 Å². The van der Waals surface area contributed by atoms with Gasteiger partial charge in [-0.15, -0.1) is 10.2 Å². The molecule has 0 unspecified atom stereocenters. The molecule has 156 valence electrons. The number of hydrogen-bond donors (Lipinski definition) is 1. The monoisotopic (exact) mass is 417 g/mol. The van der Waals surface area contributed by atoms with Crippen molar-refractivity contribution in [3.63, 3.8) is 0 Å². The molecule has 0 aliphatic heterocycles. The molecule has 1 amide bonds. The maximum atomic E-state index is 12.9. The van der Waals surface area contributed by atoms with Gasteiger partial charge < -0.3 is 14.8 Å². The van der Waals surface area contributed by atoms with E-state index in [1.165, 1.54) is 25.7 Å². The summed E-state index contributed by atoms with van der Waals surface area (Å²) in [6.45, 7) is 1.94. The van der Waals surface area contributed by atoms with Gasteiger partial charge in [0.1, 0.15) is 5.75 Å². The Morgan fingerprint density at radius 2 is 2.00 bits per heavy atom. The lowest BCUT2D eigenvalue weighted by Gasteiger charge is -2.09. The normalized spacial score (nSPS) is 10.5. The van der Waals surface area contributed by atoms with E-state index in [1.54, 1.807) is 47.3 Å². The van der Waals surface area contributed by atoms with Crippen LogP contribution in [0.15, 0.2) is 61.2 Å². The molecule has 0 saturated heterocycles.